The molecule has 2 rings (SSSR count). The second-order valence-electron chi connectivity index (χ2n) is 4.37. The van der Waals surface area contributed by atoms with Crippen LogP contribution in [-0.2, 0) is 0 Å². The molecule has 4 heteroatoms. The molecular formula is C15H14BrFO2. The van der Waals surface area contributed by atoms with Crippen LogP contribution in [0.1, 0.15) is 24.2 Å². The number of para-hydroxylation sites is 1. The van der Waals surface area contributed by atoms with Crippen LogP contribution in [0.15, 0.2) is 40.9 Å². The van der Waals surface area contributed by atoms with E-state index in [1.807, 2.05) is 19.1 Å². The number of aliphatic hydroxyl groups is 1. The van der Waals surface area contributed by atoms with Crippen molar-refractivity contribution in [1.29, 1.82) is 0 Å². The lowest BCUT2D eigenvalue weighted by Gasteiger charge is -2.15. The first-order valence-electron chi connectivity index (χ1n) is 5.89. The van der Waals surface area contributed by atoms with E-state index in [4.69, 9.17) is 4.74 Å². The minimum atomic E-state index is -0.796. The van der Waals surface area contributed by atoms with Crippen LogP contribution in [0.4, 0.5) is 4.39 Å². The molecule has 0 saturated carbocycles. The van der Waals surface area contributed by atoms with Crippen LogP contribution in [0.25, 0.3) is 0 Å². The fourth-order valence-electron chi connectivity index (χ4n) is 1.76. The maximum atomic E-state index is 13.9. The molecule has 19 heavy (non-hydrogen) atoms. The summed E-state index contributed by atoms with van der Waals surface area (Å²) in [5.41, 5.74) is 1.50. The fraction of sp³-hybridized carbons (Fsp3) is 0.200. The molecule has 0 aromatic heterocycles. The first-order valence-corrected chi connectivity index (χ1v) is 6.69. The van der Waals surface area contributed by atoms with Gasteiger partial charge in [-0.3, -0.25) is 0 Å². The van der Waals surface area contributed by atoms with E-state index < -0.39 is 11.9 Å². The Hall–Kier alpha value is -1.39. The van der Waals surface area contributed by atoms with E-state index in [-0.39, 0.29) is 5.75 Å². The van der Waals surface area contributed by atoms with E-state index in [2.05, 4.69) is 15.9 Å². The molecule has 1 unspecified atom stereocenters. The smallest absolute Gasteiger partial charge is 0.168 e. The first kappa shape index (κ1) is 14.0. The third-order valence-corrected chi connectivity index (χ3v) is 3.37. The minimum absolute atomic E-state index is 0.0575. The van der Waals surface area contributed by atoms with Gasteiger partial charge >= 0.3 is 0 Å². The number of aryl methyl sites for hydroxylation is 1. The molecule has 0 heterocycles. The number of rotatable bonds is 3. The van der Waals surface area contributed by atoms with Crippen LogP contribution in [0.3, 0.4) is 0 Å². The van der Waals surface area contributed by atoms with Gasteiger partial charge in [-0.25, -0.2) is 4.39 Å². The number of hydrogen-bond donors (Lipinski definition) is 1. The second kappa shape index (κ2) is 5.72. The van der Waals surface area contributed by atoms with E-state index >= 15 is 0 Å². The van der Waals surface area contributed by atoms with Crippen molar-refractivity contribution >= 4 is 15.9 Å². The van der Waals surface area contributed by atoms with Gasteiger partial charge < -0.3 is 9.84 Å². The molecule has 1 atom stereocenters. The van der Waals surface area contributed by atoms with Crippen molar-refractivity contribution in [1.82, 2.24) is 0 Å². The van der Waals surface area contributed by atoms with Crippen molar-refractivity contribution in [3.63, 3.8) is 0 Å². The highest BCUT2D eigenvalue weighted by Crippen LogP contribution is 2.35. The summed E-state index contributed by atoms with van der Waals surface area (Å²) < 4.78 is 20.2. The Bertz CT molecular complexity index is 597. The number of ether oxygens (including phenoxy) is 1. The molecule has 0 aliphatic carbocycles. The topological polar surface area (TPSA) is 29.5 Å². The normalized spacial score (nSPS) is 12.3. The van der Waals surface area contributed by atoms with Crippen LogP contribution >= 0.6 is 15.9 Å². The molecule has 1 N–H and O–H groups in total. The zero-order valence-electron chi connectivity index (χ0n) is 10.7. The van der Waals surface area contributed by atoms with E-state index in [1.54, 1.807) is 25.1 Å². The van der Waals surface area contributed by atoms with Crippen LogP contribution < -0.4 is 4.74 Å². The number of aliphatic hydroxyl groups excluding tert-OH is 1. The zero-order chi connectivity index (χ0) is 14.0. The highest BCUT2D eigenvalue weighted by molar-refractivity contribution is 9.10. The zero-order valence-corrected chi connectivity index (χ0v) is 12.2. The Balaban J connectivity index is 2.43. The highest BCUT2D eigenvalue weighted by Gasteiger charge is 2.15. The summed E-state index contributed by atoms with van der Waals surface area (Å²) >= 11 is 3.38. The predicted molar refractivity (Wildman–Crippen MR) is 76.0 cm³/mol. The fourth-order valence-corrected chi connectivity index (χ4v) is 2.33. The monoisotopic (exact) mass is 324 g/mol. The predicted octanol–water partition coefficient (Wildman–Crippen LogP) is 4.74. The molecule has 0 saturated heterocycles. The minimum Gasteiger partial charge on any atom is -0.453 e. The van der Waals surface area contributed by atoms with Crippen molar-refractivity contribution < 1.29 is 14.2 Å². The van der Waals surface area contributed by atoms with Crippen LogP contribution in [0.5, 0.6) is 11.5 Å². The van der Waals surface area contributed by atoms with Gasteiger partial charge in [0.05, 0.1) is 10.6 Å². The number of halogens is 2. The van der Waals surface area contributed by atoms with E-state index in [9.17, 15) is 9.50 Å². The molecule has 2 nitrogen and oxygen atoms in total. The largest absolute Gasteiger partial charge is 0.453 e. The van der Waals surface area contributed by atoms with Gasteiger partial charge in [-0.15, -0.1) is 0 Å². The summed E-state index contributed by atoms with van der Waals surface area (Å²) in [7, 11) is 0. The Morgan fingerprint density at radius 3 is 2.63 bits per heavy atom. The van der Waals surface area contributed by atoms with Gasteiger partial charge in [-0.2, -0.15) is 0 Å². The van der Waals surface area contributed by atoms with Gasteiger partial charge in [-0.1, -0.05) is 18.2 Å². The number of hydrogen-bond acceptors (Lipinski definition) is 2. The van der Waals surface area contributed by atoms with Crippen molar-refractivity contribution in [2.24, 2.45) is 0 Å². The Kier molecular flexibility index (Phi) is 4.22. The van der Waals surface area contributed by atoms with Crippen molar-refractivity contribution in [3.8, 4) is 11.5 Å². The van der Waals surface area contributed by atoms with Crippen LogP contribution in [-0.4, -0.2) is 5.11 Å². The molecule has 0 aliphatic heterocycles. The summed E-state index contributed by atoms with van der Waals surface area (Å²) in [6.45, 7) is 3.53. The van der Waals surface area contributed by atoms with Gasteiger partial charge in [0, 0.05) is 5.56 Å². The lowest BCUT2D eigenvalue weighted by molar-refractivity contribution is 0.194. The van der Waals surface area contributed by atoms with Gasteiger partial charge in [0.15, 0.2) is 11.6 Å². The molecule has 0 radical (unpaired) electrons. The van der Waals surface area contributed by atoms with E-state index in [1.165, 1.54) is 6.07 Å². The maximum Gasteiger partial charge on any atom is 0.168 e. The summed E-state index contributed by atoms with van der Waals surface area (Å²) in [6, 6.07) is 10.0. The summed E-state index contributed by atoms with van der Waals surface area (Å²) in [4.78, 5) is 0. The third-order valence-electron chi connectivity index (χ3n) is 2.75. The molecule has 0 spiro atoms. The molecular weight excluding hydrogens is 311 g/mol. The van der Waals surface area contributed by atoms with Gasteiger partial charge in [-0.05, 0) is 53.5 Å². The van der Waals surface area contributed by atoms with Gasteiger partial charge in [0.25, 0.3) is 0 Å². The average Bonchev–Trinajstić information content (AvgIpc) is 2.34. The quantitative estimate of drug-likeness (QED) is 0.883. The number of benzene rings is 2. The van der Waals surface area contributed by atoms with Crippen molar-refractivity contribution in [2.75, 3.05) is 0 Å². The standard InChI is InChI=1S/C15H14BrFO2/c1-9-6-7-14(12(16)8-9)19-15-11(10(2)18)4-3-5-13(15)17/h3-8,10,18H,1-2H3. The van der Waals surface area contributed by atoms with Crippen molar-refractivity contribution in [2.45, 2.75) is 20.0 Å². The third kappa shape index (κ3) is 3.14. The van der Waals surface area contributed by atoms with E-state index in [0.29, 0.717) is 11.3 Å². The van der Waals surface area contributed by atoms with Crippen LogP contribution in [0, 0.1) is 12.7 Å². The molecule has 0 bridgehead atoms. The summed E-state index contributed by atoms with van der Waals surface area (Å²) in [5, 5.41) is 9.66. The van der Waals surface area contributed by atoms with Crippen LogP contribution in [0.2, 0.25) is 0 Å². The Morgan fingerprint density at radius 1 is 1.26 bits per heavy atom. The van der Waals surface area contributed by atoms with Gasteiger partial charge in [0.2, 0.25) is 0 Å². The Labute approximate surface area is 120 Å². The SMILES string of the molecule is Cc1ccc(Oc2c(F)cccc2C(C)O)c(Br)c1. The molecule has 0 aliphatic rings. The maximum absolute atomic E-state index is 13.9. The molecule has 2 aromatic rings. The Morgan fingerprint density at radius 2 is 2.00 bits per heavy atom. The average molecular weight is 325 g/mol. The molecule has 2 aromatic carbocycles. The van der Waals surface area contributed by atoms with Crippen molar-refractivity contribution in [3.05, 3.63) is 57.8 Å². The molecule has 0 amide bonds. The molecule has 100 valence electrons. The summed E-state index contributed by atoms with van der Waals surface area (Å²) in [5.74, 6) is 0.0746. The van der Waals surface area contributed by atoms with Gasteiger partial charge in [0.1, 0.15) is 5.75 Å². The lowest BCUT2D eigenvalue weighted by atomic mass is 10.1. The highest BCUT2D eigenvalue weighted by atomic mass is 79.9. The first-order chi connectivity index (χ1) is 8.99. The molecule has 0 fully saturated rings. The lowest BCUT2D eigenvalue weighted by Crippen LogP contribution is -1.99. The summed E-state index contributed by atoms with van der Waals surface area (Å²) in [6.07, 6.45) is -0.796. The second-order valence-corrected chi connectivity index (χ2v) is 5.22. The van der Waals surface area contributed by atoms with E-state index in [0.717, 1.165) is 10.0 Å².